The highest BCUT2D eigenvalue weighted by atomic mass is 32.2. The van der Waals surface area contributed by atoms with E-state index in [1.54, 1.807) is 19.1 Å². The minimum atomic E-state index is -0.612. The van der Waals surface area contributed by atoms with Crippen LogP contribution in [0.1, 0.15) is 13.8 Å². The Bertz CT molecular complexity index is 1020. The summed E-state index contributed by atoms with van der Waals surface area (Å²) in [4.78, 5) is 23.2. The number of hydrogen-bond acceptors (Lipinski definition) is 8. The van der Waals surface area contributed by atoms with Gasteiger partial charge in [-0.15, -0.1) is 5.10 Å². The first-order valence-electron chi connectivity index (χ1n) is 8.72. The van der Waals surface area contributed by atoms with Crippen molar-refractivity contribution in [1.29, 1.82) is 0 Å². The predicted molar refractivity (Wildman–Crippen MR) is 107 cm³/mol. The number of amides is 1. The first-order valence-corrected chi connectivity index (χ1v) is 9.60. The number of ether oxygens (including phenoxy) is 1. The molecule has 1 N–H and O–H groups in total. The van der Waals surface area contributed by atoms with E-state index in [1.165, 1.54) is 22.9 Å². The fraction of sp³-hybridized carbons (Fsp3) is 0.222. The number of thioether (sulfide) groups is 1. The van der Waals surface area contributed by atoms with Gasteiger partial charge in [0.1, 0.15) is 17.1 Å². The Morgan fingerprint density at radius 2 is 2.00 bits per heavy atom. The van der Waals surface area contributed by atoms with E-state index in [1.807, 2.05) is 25.1 Å². The van der Waals surface area contributed by atoms with Crippen molar-refractivity contribution in [3.8, 4) is 11.4 Å². The number of rotatable bonds is 8. The lowest BCUT2D eigenvalue weighted by atomic mass is 10.2. The van der Waals surface area contributed by atoms with Gasteiger partial charge < -0.3 is 10.1 Å². The number of aromatic nitrogens is 4. The van der Waals surface area contributed by atoms with Gasteiger partial charge in [0.15, 0.2) is 0 Å². The van der Waals surface area contributed by atoms with Crippen LogP contribution in [0.3, 0.4) is 0 Å². The Balaban J connectivity index is 1.78. The quantitative estimate of drug-likeness (QED) is 0.339. The second-order valence-electron chi connectivity index (χ2n) is 5.80. The maximum atomic E-state index is 12.6. The molecule has 1 aromatic heterocycles. The summed E-state index contributed by atoms with van der Waals surface area (Å²) in [7, 11) is 0. The zero-order valence-electron chi connectivity index (χ0n) is 15.7. The molecule has 0 fully saturated rings. The molecule has 0 aliphatic carbocycles. The second kappa shape index (κ2) is 9.15. The predicted octanol–water partition coefficient (Wildman–Crippen LogP) is 3.09. The van der Waals surface area contributed by atoms with E-state index in [-0.39, 0.29) is 11.4 Å². The average molecular weight is 414 g/mol. The van der Waals surface area contributed by atoms with Crippen molar-refractivity contribution in [2.45, 2.75) is 24.3 Å². The van der Waals surface area contributed by atoms with Crippen LogP contribution < -0.4 is 10.1 Å². The fourth-order valence-electron chi connectivity index (χ4n) is 2.50. The van der Waals surface area contributed by atoms with E-state index in [4.69, 9.17) is 4.74 Å². The molecule has 0 spiro atoms. The average Bonchev–Trinajstić information content (AvgIpc) is 3.16. The third kappa shape index (κ3) is 4.69. The SMILES string of the molecule is CCOc1ccccc1-n1nnnc1SC(C)C(=O)Nc1ccccc1[N+](=O)[O-]. The van der Waals surface area contributed by atoms with Gasteiger partial charge in [-0.2, -0.15) is 4.68 Å². The highest BCUT2D eigenvalue weighted by molar-refractivity contribution is 8.00. The minimum absolute atomic E-state index is 0.135. The van der Waals surface area contributed by atoms with E-state index < -0.39 is 16.1 Å². The molecule has 1 amide bonds. The van der Waals surface area contributed by atoms with Crippen molar-refractivity contribution >= 4 is 29.0 Å². The van der Waals surface area contributed by atoms with Gasteiger partial charge >= 0.3 is 0 Å². The maximum absolute atomic E-state index is 12.6. The van der Waals surface area contributed by atoms with Gasteiger partial charge in [-0.1, -0.05) is 36.0 Å². The lowest BCUT2D eigenvalue weighted by Crippen LogP contribution is -2.23. The Morgan fingerprint density at radius 3 is 2.76 bits per heavy atom. The molecule has 0 radical (unpaired) electrons. The number of tetrazole rings is 1. The first-order chi connectivity index (χ1) is 14.0. The number of benzene rings is 2. The molecule has 10 nitrogen and oxygen atoms in total. The monoisotopic (exact) mass is 414 g/mol. The van der Waals surface area contributed by atoms with Gasteiger partial charge in [-0.3, -0.25) is 14.9 Å². The summed E-state index contributed by atoms with van der Waals surface area (Å²) in [5, 5.41) is 25.2. The second-order valence-corrected chi connectivity index (χ2v) is 7.11. The molecular weight excluding hydrogens is 396 g/mol. The molecule has 0 bridgehead atoms. The molecule has 3 aromatic rings. The van der Waals surface area contributed by atoms with Gasteiger partial charge in [0.25, 0.3) is 5.69 Å². The molecule has 29 heavy (non-hydrogen) atoms. The molecule has 2 aromatic carbocycles. The van der Waals surface area contributed by atoms with Crippen molar-refractivity contribution in [1.82, 2.24) is 20.2 Å². The van der Waals surface area contributed by atoms with Crippen LogP contribution in [-0.4, -0.2) is 42.9 Å². The Morgan fingerprint density at radius 1 is 1.28 bits per heavy atom. The van der Waals surface area contributed by atoms with Gasteiger partial charge in [-0.25, -0.2) is 0 Å². The summed E-state index contributed by atoms with van der Waals surface area (Å²) in [6, 6.07) is 13.3. The van der Waals surface area contributed by atoms with E-state index in [0.717, 1.165) is 11.8 Å². The molecule has 0 aliphatic rings. The third-order valence-corrected chi connectivity index (χ3v) is 4.88. The van der Waals surface area contributed by atoms with Gasteiger partial charge in [0.05, 0.1) is 16.8 Å². The molecule has 0 saturated heterocycles. The number of nitrogens with zero attached hydrogens (tertiary/aromatic N) is 5. The van der Waals surface area contributed by atoms with E-state index in [2.05, 4.69) is 20.8 Å². The number of hydrogen-bond donors (Lipinski definition) is 1. The van der Waals surface area contributed by atoms with Crippen LogP contribution in [0.2, 0.25) is 0 Å². The highest BCUT2D eigenvalue weighted by Crippen LogP contribution is 2.29. The smallest absolute Gasteiger partial charge is 0.292 e. The lowest BCUT2D eigenvalue weighted by Gasteiger charge is -2.13. The van der Waals surface area contributed by atoms with Crippen LogP contribution in [0.15, 0.2) is 53.7 Å². The topological polar surface area (TPSA) is 125 Å². The largest absolute Gasteiger partial charge is 0.492 e. The molecule has 0 aliphatic heterocycles. The Kier molecular flexibility index (Phi) is 6.39. The van der Waals surface area contributed by atoms with Crippen molar-refractivity contribution in [3.63, 3.8) is 0 Å². The molecule has 11 heteroatoms. The van der Waals surface area contributed by atoms with Crippen molar-refractivity contribution < 1.29 is 14.5 Å². The van der Waals surface area contributed by atoms with Crippen LogP contribution in [0, 0.1) is 10.1 Å². The van der Waals surface area contributed by atoms with Crippen LogP contribution in [0.4, 0.5) is 11.4 Å². The number of nitrogens with one attached hydrogen (secondary N) is 1. The van der Waals surface area contributed by atoms with E-state index in [0.29, 0.717) is 23.2 Å². The summed E-state index contributed by atoms with van der Waals surface area (Å²) in [6.45, 7) is 4.03. The minimum Gasteiger partial charge on any atom is -0.492 e. The number of nitro groups is 1. The molecule has 1 atom stereocenters. The molecule has 0 saturated carbocycles. The van der Waals surface area contributed by atoms with Crippen LogP contribution in [-0.2, 0) is 4.79 Å². The summed E-state index contributed by atoms with van der Waals surface area (Å²) >= 11 is 1.13. The zero-order chi connectivity index (χ0) is 20.8. The first kappa shape index (κ1) is 20.3. The van der Waals surface area contributed by atoms with Gasteiger partial charge in [0, 0.05) is 6.07 Å². The highest BCUT2D eigenvalue weighted by Gasteiger charge is 2.23. The molecule has 3 rings (SSSR count). The summed E-state index contributed by atoms with van der Waals surface area (Å²) in [5.41, 5.74) is 0.609. The summed E-state index contributed by atoms with van der Waals surface area (Å²) < 4.78 is 7.10. The maximum Gasteiger partial charge on any atom is 0.292 e. The normalized spacial score (nSPS) is 11.7. The summed E-state index contributed by atoms with van der Waals surface area (Å²) in [5.74, 6) is 0.207. The summed E-state index contributed by atoms with van der Waals surface area (Å²) in [6.07, 6.45) is 0. The van der Waals surface area contributed by atoms with Crippen molar-refractivity contribution in [3.05, 3.63) is 58.6 Å². The molecule has 1 unspecified atom stereocenters. The third-order valence-electron chi connectivity index (χ3n) is 3.84. The van der Waals surface area contributed by atoms with Crippen LogP contribution >= 0.6 is 11.8 Å². The number of nitro benzene ring substituents is 1. The Hall–Kier alpha value is -3.47. The van der Waals surface area contributed by atoms with E-state index in [9.17, 15) is 14.9 Å². The van der Waals surface area contributed by atoms with Crippen molar-refractivity contribution in [2.75, 3.05) is 11.9 Å². The van der Waals surface area contributed by atoms with Gasteiger partial charge in [-0.05, 0) is 42.5 Å². The number of anilines is 1. The van der Waals surface area contributed by atoms with Crippen molar-refractivity contribution in [2.24, 2.45) is 0 Å². The Labute approximate surface area is 170 Å². The lowest BCUT2D eigenvalue weighted by molar-refractivity contribution is -0.383. The van der Waals surface area contributed by atoms with Crippen LogP contribution in [0.25, 0.3) is 5.69 Å². The fourth-order valence-corrected chi connectivity index (χ4v) is 3.30. The standard InChI is InChI=1S/C18H18N6O4S/c1-3-28-16-11-7-6-10-15(16)23-18(20-21-22-23)29-12(2)17(25)19-13-8-4-5-9-14(13)24(26)27/h4-12H,3H2,1-2H3,(H,19,25). The zero-order valence-corrected chi connectivity index (χ0v) is 16.5. The van der Waals surface area contributed by atoms with Crippen LogP contribution in [0.5, 0.6) is 5.75 Å². The molecule has 150 valence electrons. The van der Waals surface area contributed by atoms with Gasteiger partial charge in [0.2, 0.25) is 11.1 Å². The number of carbonyl (C=O) groups is 1. The molecular formula is C18H18N6O4S. The number of carbonyl (C=O) groups excluding carboxylic acids is 1. The molecule has 1 heterocycles. The van der Waals surface area contributed by atoms with E-state index >= 15 is 0 Å². The number of para-hydroxylation sites is 4.